The molecular weight excluding hydrogens is 462 g/mol. The van der Waals surface area contributed by atoms with Crippen LogP contribution in [0.5, 0.6) is 5.75 Å². The number of hydrogen-bond donors (Lipinski definition) is 1. The maximum absolute atomic E-state index is 13.5. The van der Waals surface area contributed by atoms with Gasteiger partial charge in [-0.15, -0.1) is 0 Å². The molecule has 0 bridgehead atoms. The van der Waals surface area contributed by atoms with Crippen LogP contribution in [0.15, 0.2) is 78.0 Å². The average Bonchev–Trinajstić information content (AvgIpc) is 2.90. The minimum Gasteiger partial charge on any atom is -0.494 e. The zero-order chi connectivity index (χ0) is 24.7. The first-order valence-corrected chi connectivity index (χ1v) is 13.5. The summed E-state index contributed by atoms with van der Waals surface area (Å²) in [5.41, 5.74) is 1.93. The number of anilines is 1. The number of carbonyl (C=O) groups is 1. The number of pyridine rings is 1. The van der Waals surface area contributed by atoms with Gasteiger partial charge in [0.25, 0.3) is 5.91 Å². The minimum atomic E-state index is -3.69. The summed E-state index contributed by atoms with van der Waals surface area (Å²) in [5, 5.41) is 2.83. The third-order valence-electron chi connectivity index (χ3n) is 6.12. The summed E-state index contributed by atoms with van der Waals surface area (Å²) in [6.45, 7) is 3.22. The molecule has 1 atom stereocenters. The zero-order valence-corrected chi connectivity index (χ0v) is 20.7. The monoisotopic (exact) mass is 493 g/mol. The lowest BCUT2D eigenvalue weighted by molar-refractivity contribution is 0.102. The number of rotatable bonds is 9. The van der Waals surface area contributed by atoms with Crippen molar-refractivity contribution in [1.82, 2.24) is 9.29 Å². The lowest BCUT2D eigenvalue weighted by Gasteiger charge is -2.34. The van der Waals surface area contributed by atoms with Gasteiger partial charge in [0.2, 0.25) is 10.0 Å². The summed E-state index contributed by atoms with van der Waals surface area (Å²) in [5.74, 6) is 0.459. The largest absolute Gasteiger partial charge is 0.494 e. The Bertz CT molecular complexity index is 1210. The zero-order valence-electron chi connectivity index (χ0n) is 19.9. The van der Waals surface area contributed by atoms with Crippen molar-refractivity contribution in [2.45, 2.75) is 50.0 Å². The highest BCUT2D eigenvalue weighted by atomic mass is 32.2. The first-order chi connectivity index (χ1) is 17.0. The topological polar surface area (TPSA) is 88.6 Å². The van der Waals surface area contributed by atoms with Crippen LogP contribution < -0.4 is 10.1 Å². The van der Waals surface area contributed by atoms with Gasteiger partial charge in [-0.25, -0.2) is 8.42 Å². The summed E-state index contributed by atoms with van der Waals surface area (Å²) in [7, 11) is -3.69. The second kappa shape index (κ2) is 11.5. The highest BCUT2D eigenvalue weighted by Gasteiger charge is 2.34. The van der Waals surface area contributed by atoms with Crippen molar-refractivity contribution in [3.8, 4) is 5.75 Å². The number of sulfonamides is 1. The summed E-state index contributed by atoms with van der Waals surface area (Å²) in [4.78, 5) is 17.0. The van der Waals surface area contributed by atoms with Gasteiger partial charge in [0.05, 0.1) is 17.5 Å². The van der Waals surface area contributed by atoms with E-state index in [2.05, 4.69) is 17.2 Å². The number of amides is 1. The number of aromatic nitrogens is 1. The quantitative estimate of drug-likeness (QED) is 0.402. The molecule has 1 saturated heterocycles. The molecule has 4 rings (SSSR count). The van der Waals surface area contributed by atoms with E-state index in [1.54, 1.807) is 65.2 Å². The molecule has 1 aromatic heterocycles. The van der Waals surface area contributed by atoms with Gasteiger partial charge in [-0.05, 0) is 79.4 Å². The summed E-state index contributed by atoms with van der Waals surface area (Å²) < 4.78 is 34.1. The van der Waals surface area contributed by atoms with E-state index in [0.717, 1.165) is 43.4 Å². The van der Waals surface area contributed by atoms with Crippen molar-refractivity contribution in [2.75, 3.05) is 18.5 Å². The van der Waals surface area contributed by atoms with Crippen LogP contribution in [-0.2, 0) is 10.0 Å². The number of unbranched alkanes of at least 4 members (excludes halogenated alkanes) is 1. The maximum Gasteiger partial charge on any atom is 0.255 e. The molecule has 1 aliphatic heterocycles. The van der Waals surface area contributed by atoms with E-state index in [9.17, 15) is 13.2 Å². The second-order valence-corrected chi connectivity index (χ2v) is 10.5. The fourth-order valence-electron chi connectivity index (χ4n) is 4.18. The molecule has 1 aliphatic rings. The van der Waals surface area contributed by atoms with Crippen LogP contribution in [0.4, 0.5) is 5.69 Å². The molecule has 35 heavy (non-hydrogen) atoms. The van der Waals surface area contributed by atoms with Crippen LogP contribution in [0.25, 0.3) is 0 Å². The molecule has 7 nitrogen and oxygen atoms in total. The van der Waals surface area contributed by atoms with E-state index in [1.165, 1.54) is 0 Å². The number of piperidine rings is 1. The molecule has 0 radical (unpaired) electrons. The van der Waals surface area contributed by atoms with Crippen LogP contribution >= 0.6 is 0 Å². The molecule has 1 fully saturated rings. The number of carbonyl (C=O) groups excluding carboxylic acids is 1. The molecule has 8 heteroatoms. The number of ether oxygens (including phenoxy) is 1. The Morgan fingerprint density at radius 2 is 1.86 bits per heavy atom. The first-order valence-electron chi connectivity index (χ1n) is 12.0. The predicted octanol–water partition coefficient (Wildman–Crippen LogP) is 5.43. The Kier molecular flexibility index (Phi) is 8.15. The molecule has 3 aromatic rings. The van der Waals surface area contributed by atoms with Gasteiger partial charge in [-0.3, -0.25) is 9.78 Å². The average molecular weight is 494 g/mol. The fourth-order valence-corrected chi connectivity index (χ4v) is 5.87. The molecular formula is C27H31N3O4S. The van der Waals surface area contributed by atoms with Crippen molar-refractivity contribution in [3.63, 3.8) is 0 Å². The van der Waals surface area contributed by atoms with Crippen LogP contribution in [0.3, 0.4) is 0 Å². The number of hydrogen-bond acceptors (Lipinski definition) is 5. The van der Waals surface area contributed by atoms with Gasteiger partial charge in [0, 0.05) is 30.2 Å². The van der Waals surface area contributed by atoms with E-state index in [1.807, 2.05) is 12.1 Å². The van der Waals surface area contributed by atoms with Crippen molar-refractivity contribution in [2.24, 2.45) is 0 Å². The molecule has 2 aromatic carbocycles. The smallest absolute Gasteiger partial charge is 0.255 e. The highest BCUT2D eigenvalue weighted by Crippen LogP contribution is 2.35. The molecule has 1 N–H and O–H groups in total. The Hall–Kier alpha value is -3.23. The highest BCUT2D eigenvalue weighted by molar-refractivity contribution is 7.89. The number of nitrogens with zero attached hydrogens (tertiary/aromatic N) is 2. The van der Waals surface area contributed by atoms with Crippen molar-refractivity contribution in [3.05, 3.63) is 84.2 Å². The van der Waals surface area contributed by atoms with Gasteiger partial charge in [0.1, 0.15) is 5.75 Å². The Morgan fingerprint density at radius 3 is 2.54 bits per heavy atom. The van der Waals surface area contributed by atoms with Crippen LogP contribution in [0.2, 0.25) is 0 Å². The van der Waals surface area contributed by atoms with Gasteiger partial charge in [-0.2, -0.15) is 4.31 Å². The molecule has 0 aliphatic carbocycles. The first kappa shape index (κ1) is 24.9. The molecule has 2 heterocycles. The molecule has 1 unspecified atom stereocenters. The van der Waals surface area contributed by atoms with Gasteiger partial charge >= 0.3 is 0 Å². The SMILES string of the molecule is CCCCOc1ccc(C(=O)Nc2ccc(S(=O)(=O)N3CCCCC3c3cccnc3)cc2)cc1. The minimum absolute atomic E-state index is 0.208. The molecule has 0 saturated carbocycles. The lowest BCUT2D eigenvalue weighted by atomic mass is 9.99. The van der Waals surface area contributed by atoms with E-state index >= 15 is 0 Å². The van der Waals surface area contributed by atoms with Crippen LogP contribution in [0.1, 0.15) is 61.0 Å². The standard InChI is InChI=1S/C27H31N3O4S/c1-2-3-19-34-24-13-9-21(10-14-24)27(31)29-23-11-15-25(16-12-23)35(32,33)30-18-5-4-8-26(30)22-7-6-17-28-20-22/h6-7,9-17,20,26H,2-5,8,18-19H2,1H3,(H,29,31). The van der Waals surface area contributed by atoms with Gasteiger partial charge in [-0.1, -0.05) is 25.8 Å². The van der Waals surface area contributed by atoms with Crippen LogP contribution in [-0.4, -0.2) is 36.8 Å². The van der Waals surface area contributed by atoms with Crippen LogP contribution in [0, 0.1) is 0 Å². The van der Waals surface area contributed by atoms with E-state index < -0.39 is 10.0 Å². The van der Waals surface area contributed by atoms with E-state index in [4.69, 9.17) is 4.74 Å². The summed E-state index contributed by atoms with van der Waals surface area (Å²) in [6, 6.07) is 16.8. The summed E-state index contributed by atoms with van der Waals surface area (Å²) >= 11 is 0. The van der Waals surface area contributed by atoms with Crippen molar-refractivity contribution >= 4 is 21.6 Å². The normalized spacial score (nSPS) is 16.5. The Balaban J connectivity index is 1.43. The van der Waals surface area contributed by atoms with Gasteiger partial charge < -0.3 is 10.1 Å². The summed E-state index contributed by atoms with van der Waals surface area (Å²) in [6.07, 6.45) is 8.03. The predicted molar refractivity (Wildman–Crippen MR) is 136 cm³/mol. The Labute approximate surface area is 207 Å². The molecule has 0 spiro atoms. The fraction of sp³-hybridized carbons (Fsp3) is 0.333. The Morgan fingerprint density at radius 1 is 1.09 bits per heavy atom. The molecule has 1 amide bonds. The van der Waals surface area contributed by atoms with Gasteiger partial charge in [0.15, 0.2) is 0 Å². The third kappa shape index (κ3) is 6.07. The molecule has 184 valence electrons. The van der Waals surface area contributed by atoms with E-state index in [0.29, 0.717) is 24.4 Å². The number of nitrogens with one attached hydrogen (secondary N) is 1. The van der Waals surface area contributed by atoms with Crippen molar-refractivity contribution < 1.29 is 17.9 Å². The second-order valence-electron chi connectivity index (χ2n) is 8.62. The third-order valence-corrected chi connectivity index (χ3v) is 8.05. The van der Waals surface area contributed by atoms with Crippen molar-refractivity contribution in [1.29, 1.82) is 0 Å². The van der Waals surface area contributed by atoms with E-state index in [-0.39, 0.29) is 16.8 Å². The lowest BCUT2D eigenvalue weighted by Crippen LogP contribution is -2.38. The number of benzene rings is 2. The maximum atomic E-state index is 13.5.